The lowest BCUT2D eigenvalue weighted by molar-refractivity contribution is -0.129. The number of carbonyl (C=O) groups excluding carboxylic acids is 1. The van der Waals surface area contributed by atoms with Gasteiger partial charge in [0.25, 0.3) is 6.02 Å². The Labute approximate surface area is 126 Å². The fourth-order valence-corrected chi connectivity index (χ4v) is 3.00. The average Bonchev–Trinajstić information content (AvgIpc) is 2.69. The van der Waals surface area contributed by atoms with Gasteiger partial charge in [-0.25, -0.2) is 0 Å². The van der Waals surface area contributed by atoms with Gasteiger partial charge < -0.3 is 4.74 Å². The molecule has 114 valence electrons. The van der Waals surface area contributed by atoms with E-state index in [-0.39, 0.29) is 11.9 Å². The molecule has 1 aromatic rings. The van der Waals surface area contributed by atoms with Crippen molar-refractivity contribution in [3.05, 3.63) is 30.3 Å². The third kappa shape index (κ3) is 3.09. The summed E-state index contributed by atoms with van der Waals surface area (Å²) in [6.45, 7) is 10.1. The summed E-state index contributed by atoms with van der Waals surface area (Å²) in [4.78, 5) is 18.7. The molecule has 0 aliphatic carbocycles. The highest BCUT2D eigenvalue weighted by atomic mass is 16.5. The van der Waals surface area contributed by atoms with Gasteiger partial charge in [-0.1, -0.05) is 39.0 Å². The Balaban J connectivity index is 2.45. The van der Waals surface area contributed by atoms with Crippen LogP contribution in [0.4, 0.5) is 5.69 Å². The Kier molecular flexibility index (Phi) is 4.35. The van der Waals surface area contributed by atoms with Crippen molar-refractivity contribution in [1.29, 1.82) is 0 Å². The van der Waals surface area contributed by atoms with Gasteiger partial charge in [0.2, 0.25) is 5.91 Å². The summed E-state index contributed by atoms with van der Waals surface area (Å²) in [5.74, 6) is 0.341. The minimum absolute atomic E-state index is 0.00703. The number of amides is 1. The monoisotopic (exact) mass is 288 g/mol. The van der Waals surface area contributed by atoms with Crippen LogP contribution in [-0.4, -0.2) is 28.5 Å². The first-order chi connectivity index (χ1) is 9.86. The number of hydrogen-bond donors (Lipinski definition) is 0. The molecule has 0 aromatic heterocycles. The molecule has 1 aromatic carbocycles. The fraction of sp³-hybridized carbons (Fsp3) is 0.529. The normalized spacial score (nSPS) is 22.7. The number of aliphatic imine (C=N–C) groups is 1. The minimum Gasteiger partial charge on any atom is -0.456 e. The van der Waals surface area contributed by atoms with Crippen molar-refractivity contribution < 1.29 is 9.53 Å². The average molecular weight is 288 g/mol. The van der Waals surface area contributed by atoms with E-state index in [1.807, 2.05) is 51.1 Å². The van der Waals surface area contributed by atoms with E-state index in [1.54, 1.807) is 4.90 Å². The van der Waals surface area contributed by atoms with Crippen LogP contribution in [0.3, 0.4) is 0 Å². The molecule has 0 N–H and O–H groups in total. The van der Waals surface area contributed by atoms with Gasteiger partial charge in [0.15, 0.2) is 0 Å². The van der Waals surface area contributed by atoms with Crippen LogP contribution in [0.25, 0.3) is 0 Å². The number of amidine groups is 1. The van der Waals surface area contributed by atoms with Crippen LogP contribution in [0.5, 0.6) is 0 Å². The molecular formula is C17H24N2O2. The van der Waals surface area contributed by atoms with Crippen LogP contribution in [0, 0.1) is 5.92 Å². The molecule has 1 aliphatic heterocycles. The van der Waals surface area contributed by atoms with Crippen molar-refractivity contribution in [3.8, 4) is 0 Å². The van der Waals surface area contributed by atoms with Gasteiger partial charge in [0, 0.05) is 6.42 Å². The molecule has 1 amide bonds. The second-order valence-electron chi connectivity index (χ2n) is 6.24. The summed E-state index contributed by atoms with van der Waals surface area (Å²) in [5.41, 5.74) is 0.355. The molecule has 2 rings (SSSR count). The summed E-state index contributed by atoms with van der Waals surface area (Å²) >= 11 is 0. The molecule has 0 spiro atoms. The van der Waals surface area contributed by atoms with Crippen molar-refractivity contribution in [2.45, 2.75) is 52.7 Å². The number of benzene rings is 1. The van der Waals surface area contributed by atoms with Gasteiger partial charge in [-0.05, 0) is 31.9 Å². The van der Waals surface area contributed by atoms with Crippen molar-refractivity contribution in [1.82, 2.24) is 4.90 Å². The van der Waals surface area contributed by atoms with Gasteiger partial charge in [-0.15, -0.1) is 0 Å². The molecule has 1 fully saturated rings. The zero-order valence-corrected chi connectivity index (χ0v) is 13.5. The molecule has 1 heterocycles. The summed E-state index contributed by atoms with van der Waals surface area (Å²) in [6.07, 6.45) is 0.441. The number of hydrogen-bond acceptors (Lipinski definition) is 3. The Morgan fingerprint density at radius 2 is 1.95 bits per heavy atom. The minimum atomic E-state index is -0.438. The van der Waals surface area contributed by atoms with Crippen molar-refractivity contribution in [2.24, 2.45) is 10.9 Å². The van der Waals surface area contributed by atoms with Crippen molar-refractivity contribution in [2.75, 3.05) is 0 Å². The summed E-state index contributed by atoms with van der Waals surface area (Å²) < 4.78 is 6.02. The first kappa shape index (κ1) is 15.5. The predicted molar refractivity (Wildman–Crippen MR) is 84.5 cm³/mol. The number of para-hydroxylation sites is 1. The first-order valence-corrected chi connectivity index (χ1v) is 7.51. The van der Waals surface area contributed by atoms with Crippen LogP contribution in [0.2, 0.25) is 0 Å². The quantitative estimate of drug-likeness (QED) is 0.850. The summed E-state index contributed by atoms with van der Waals surface area (Å²) in [5, 5.41) is 0. The molecule has 1 atom stereocenters. The molecular weight excluding hydrogens is 264 g/mol. The molecule has 0 radical (unpaired) electrons. The highest BCUT2D eigenvalue weighted by Gasteiger charge is 2.50. The first-order valence-electron chi connectivity index (χ1n) is 7.51. The van der Waals surface area contributed by atoms with Crippen LogP contribution in [-0.2, 0) is 9.53 Å². The van der Waals surface area contributed by atoms with E-state index in [0.717, 1.165) is 5.69 Å². The lowest BCUT2D eigenvalue weighted by atomic mass is 9.89. The number of carbonyl (C=O) groups is 1. The molecule has 0 saturated carbocycles. The lowest BCUT2D eigenvalue weighted by Gasteiger charge is -2.31. The van der Waals surface area contributed by atoms with Crippen LogP contribution < -0.4 is 0 Å². The lowest BCUT2D eigenvalue weighted by Crippen LogP contribution is -2.48. The smallest absolute Gasteiger partial charge is 0.300 e. The Morgan fingerprint density at radius 3 is 2.48 bits per heavy atom. The van der Waals surface area contributed by atoms with Crippen LogP contribution in [0.15, 0.2) is 35.3 Å². The van der Waals surface area contributed by atoms with E-state index in [4.69, 9.17) is 4.74 Å². The predicted octanol–water partition coefficient (Wildman–Crippen LogP) is 3.75. The third-order valence-corrected chi connectivity index (χ3v) is 3.73. The zero-order valence-electron chi connectivity index (χ0n) is 13.5. The van der Waals surface area contributed by atoms with Gasteiger partial charge in [-0.3, -0.25) is 9.69 Å². The molecule has 21 heavy (non-hydrogen) atoms. The Hall–Kier alpha value is -1.84. The maximum atomic E-state index is 12.4. The summed E-state index contributed by atoms with van der Waals surface area (Å²) in [6, 6.07) is 10.00. The molecule has 4 heteroatoms. The van der Waals surface area contributed by atoms with E-state index >= 15 is 0 Å². The largest absolute Gasteiger partial charge is 0.456 e. The SMILES string of the molecule is CCC(=O)N1C(=Nc2ccccc2)OC(C)(C)[C@@H]1C(C)C. The third-order valence-electron chi connectivity index (χ3n) is 3.73. The second kappa shape index (κ2) is 5.88. The summed E-state index contributed by atoms with van der Waals surface area (Å²) in [7, 11) is 0. The molecule has 4 nitrogen and oxygen atoms in total. The van der Waals surface area contributed by atoms with Gasteiger partial charge in [0.1, 0.15) is 5.60 Å². The Morgan fingerprint density at radius 1 is 1.33 bits per heavy atom. The topological polar surface area (TPSA) is 41.9 Å². The van der Waals surface area contributed by atoms with Gasteiger partial charge in [-0.2, -0.15) is 4.99 Å². The standard InChI is InChI=1S/C17H24N2O2/c1-6-14(20)19-15(12(2)3)17(4,5)21-16(19)18-13-10-8-7-9-11-13/h7-12,15H,6H2,1-5H3/t15-/m0/s1. The fourth-order valence-electron chi connectivity index (χ4n) is 3.00. The Bertz CT molecular complexity index is 535. The van der Waals surface area contributed by atoms with Crippen molar-refractivity contribution >= 4 is 17.6 Å². The second-order valence-corrected chi connectivity index (χ2v) is 6.24. The maximum Gasteiger partial charge on any atom is 0.300 e. The van der Waals surface area contributed by atoms with Crippen molar-refractivity contribution in [3.63, 3.8) is 0 Å². The maximum absolute atomic E-state index is 12.4. The number of nitrogens with zero attached hydrogens (tertiary/aromatic N) is 2. The van der Waals surface area contributed by atoms with E-state index in [1.165, 1.54) is 0 Å². The van der Waals surface area contributed by atoms with Gasteiger partial charge >= 0.3 is 0 Å². The van der Waals surface area contributed by atoms with E-state index in [9.17, 15) is 4.79 Å². The van der Waals surface area contributed by atoms with E-state index in [2.05, 4.69) is 18.8 Å². The molecule has 0 bridgehead atoms. The van der Waals surface area contributed by atoms with E-state index < -0.39 is 5.60 Å². The highest BCUT2D eigenvalue weighted by molar-refractivity contribution is 5.97. The van der Waals surface area contributed by atoms with E-state index in [0.29, 0.717) is 18.4 Å². The zero-order chi connectivity index (χ0) is 15.6. The molecule has 0 unspecified atom stereocenters. The molecule has 1 saturated heterocycles. The van der Waals surface area contributed by atoms with Crippen LogP contribution >= 0.6 is 0 Å². The highest BCUT2D eigenvalue weighted by Crippen LogP contribution is 2.35. The van der Waals surface area contributed by atoms with Crippen LogP contribution in [0.1, 0.15) is 41.0 Å². The number of ether oxygens (including phenoxy) is 1. The van der Waals surface area contributed by atoms with Gasteiger partial charge in [0.05, 0.1) is 11.7 Å². The number of rotatable bonds is 3. The molecule has 1 aliphatic rings.